The van der Waals surface area contributed by atoms with Crippen molar-refractivity contribution in [2.45, 2.75) is 52.1 Å². The third-order valence-electron chi connectivity index (χ3n) is 5.51. The molecule has 3 atom stereocenters. The molecular weight excluding hydrogens is 396 g/mol. The smallest absolute Gasteiger partial charge is 0.268 e. The zero-order valence-electron chi connectivity index (χ0n) is 18.3. The minimum atomic E-state index is -0.773. The number of hydrogen-bond donors (Lipinski definition) is 5. The van der Waals surface area contributed by atoms with Crippen molar-refractivity contribution >= 4 is 28.6 Å². The summed E-state index contributed by atoms with van der Waals surface area (Å²) in [6.07, 6.45) is 1.48. The lowest BCUT2D eigenvalue weighted by Gasteiger charge is -2.28. The minimum absolute atomic E-state index is 0.0499. The molecule has 3 rings (SSSR count). The summed E-state index contributed by atoms with van der Waals surface area (Å²) in [5, 5.41) is 19.1. The number of aromatic nitrogens is 1. The molecular formula is C23H32N4O4. The molecule has 0 bridgehead atoms. The van der Waals surface area contributed by atoms with Gasteiger partial charge in [-0.2, -0.15) is 0 Å². The number of aliphatic hydroxyl groups excluding tert-OH is 1. The quantitative estimate of drug-likeness (QED) is 0.439. The fourth-order valence-corrected chi connectivity index (χ4v) is 3.95. The summed E-state index contributed by atoms with van der Waals surface area (Å²) in [7, 11) is 0. The Morgan fingerprint density at radius 1 is 1.23 bits per heavy atom. The van der Waals surface area contributed by atoms with Gasteiger partial charge in [-0.25, -0.2) is 0 Å². The van der Waals surface area contributed by atoms with Crippen molar-refractivity contribution in [2.75, 3.05) is 13.2 Å². The number of aliphatic hydroxyl groups is 1. The number of hydrogen-bond acceptors (Lipinski definition) is 4. The number of carbonyl (C=O) groups excluding carboxylic acids is 3. The highest BCUT2D eigenvalue weighted by molar-refractivity contribution is 6.00. The highest BCUT2D eigenvalue weighted by Crippen LogP contribution is 2.22. The molecule has 1 fully saturated rings. The molecule has 5 N–H and O–H groups in total. The van der Waals surface area contributed by atoms with Gasteiger partial charge in [-0.3, -0.25) is 14.4 Å². The Kier molecular flexibility index (Phi) is 7.00. The number of carbonyl (C=O) groups is 3. The highest BCUT2D eigenvalue weighted by atomic mass is 16.3. The molecule has 31 heavy (non-hydrogen) atoms. The van der Waals surface area contributed by atoms with E-state index in [2.05, 4.69) is 20.9 Å². The van der Waals surface area contributed by atoms with E-state index in [1.165, 1.54) is 0 Å². The van der Waals surface area contributed by atoms with E-state index in [1.807, 2.05) is 45.0 Å². The minimum Gasteiger partial charge on any atom is -0.394 e. The average Bonchev–Trinajstić information content (AvgIpc) is 3.32. The van der Waals surface area contributed by atoms with Crippen LogP contribution in [0.5, 0.6) is 0 Å². The summed E-state index contributed by atoms with van der Waals surface area (Å²) in [6.45, 7) is 6.33. The van der Waals surface area contributed by atoms with Crippen LogP contribution < -0.4 is 16.0 Å². The molecule has 1 aliphatic heterocycles. The van der Waals surface area contributed by atoms with E-state index < -0.39 is 12.1 Å². The molecule has 8 nitrogen and oxygen atoms in total. The first kappa shape index (κ1) is 22.8. The maximum atomic E-state index is 13.0. The third-order valence-corrected chi connectivity index (χ3v) is 5.51. The standard InChI is InChI=1S/C23H32N4O4/c1-23(2,3)12-19(22(31)25-16(13-28)10-15-8-9-24-20(15)29)27-21(30)18-11-14-6-4-5-7-17(14)26-18/h4-7,11,15-16,19,26,28H,8-10,12-13H2,1-3H3,(H,24,29)(H,25,31)(H,27,30)/t15-,16-,19-/m0/s1. The normalized spacial score (nSPS) is 18.5. The number of para-hydroxylation sites is 1. The van der Waals surface area contributed by atoms with Gasteiger partial charge < -0.3 is 26.0 Å². The Balaban J connectivity index is 1.70. The number of nitrogens with one attached hydrogen (secondary N) is 4. The van der Waals surface area contributed by atoms with E-state index in [4.69, 9.17) is 0 Å². The molecule has 2 aromatic rings. The predicted octanol–water partition coefficient (Wildman–Crippen LogP) is 1.71. The maximum absolute atomic E-state index is 13.0. The van der Waals surface area contributed by atoms with E-state index in [1.54, 1.807) is 6.07 Å². The van der Waals surface area contributed by atoms with Gasteiger partial charge in [-0.1, -0.05) is 39.0 Å². The number of H-pyrrole nitrogens is 1. The number of benzene rings is 1. The zero-order chi connectivity index (χ0) is 22.6. The van der Waals surface area contributed by atoms with Crippen LogP contribution in [0.15, 0.2) is 30.3 Å². The molecule has 0 spiro atoms. The molecule has 0 aliphatic carbocycles. The summed E-state index contributed by atoms with van der Waals surface area (Å²) in [5.41, 5.74) is 1.02. The molecule has 168 valence electrons. The van der Waals surface area contributed by atoms with Crippen molar-refractivity contribution in [1.29, 1.82) is 0 Å². The molecule has 0 saturated carbocycles. The number of amides is 3. The van der Waals surface area contributed by atoms with Gasteiger partial charge in [0.15, 0.2) is 0 Å². The summed E-state index contributed by atoms with van der Waals surface area (Å²) in [4.78, 5) is 40.8. The van der Waals surface area contributed by atoms with Crippen molar-refractivity contribution < 1.29 is 19.5 Å². The average molecular weight is 429 g/mol. The van der Waals surface area contributed by atoms with Crippen LogP contribution >= 0.6 is 0 Å². The molecule has 0 unspecified atom stereocenters. The van der Waals surface area contributed by atoms with E-state index in [0.29, 0.717) is 31.5 Å². The van der Waals surface area contributed by atoms with Crippen LogP contribution in [-0.2, 0) is 9.59 Å². The second kappa shape index (κ2) is 9.51. The third kappa shape index (κ3) is 6.07. The van der Waals surface area contributed by atoms with Crippen molar-refractivity contribution in [2.24, 2.45) is 11.3 Å². The van der Waals surface area contributed by atoms with Crippen LogP contribution in [0.3, 0.4) is 0 Å². The summed E-state index contributed by atoms with van der Waals surface area (Å²) in [6, 6.07) is 8.01. The number of fused-ring (bicyclic) bond motifs is 1. The van der Waals surface area contributed by atoms with Gasteiger partial charge in [-0.15, -0.1) is 0 Å². The summed E-state index contributed by atoms with van der Waals surface area (Å²) >= 11 is 0. The van der Waals surface area contributed by atoms with Gasteiger partial charge in [0.25, 0.3) is 5.91 Å². The van der Waals surface area contributed by atoms with E-state index in [9.17, 15) is 19.5 Å². The van der Waals surface area contributed by atoms with Crippen LogP contribution in [0.1, 0.15) is 50.5 Å². The summed E-state index contributed by atoms with van der Waals surface area (Å²) < 4.78 is 0. The Labute approximate surface area is 182 Å². The van der Waals surface area contributed by atoms with Crippen LogP contribution in [0.25, 0.3) is 10.9 Å². The highest BCUT2D eigenvalue weighted by Gasteiger charge is 2.31. The monoisotopic (exact) mass is 428 g/mol. The molecule has 8 heteroatoms. The summed E-state index contributed by atoms with van der Waals surface area (Å²) in [5.74, 6) is -1.00. The lowest BCUT2D eigenvalue weighted by molar-refractivity contribution is -0.126. The molecule has 1 aromatic carbocycles. The van der Waals surface area contributed by atoms with Gasteiger partial charge in [0.05, 0.1) is 12.6 Å². The number of rotatable bonds is 8. The maximum Gasteiger partial charge on any atom is 0.268 e. The Morgan fingerprint density at radius 2 is 1.97 bits per heavy atom. The molecule has 1 aliphatic rings. The van der Waals surface area contributed by atoms with Gasteiger partial charge in [0, 0.05) is 23.4 Å². The van der Waals surface area contributed by atoms with Crippen molar-refractivity contribution in [3.8, 4) is 0 Å². The Hall–Kier alpha value is -2.87. The zero-order valence-corrected chi connectivity index (χ0v) is 18.3. The van der Waals surface area contributed by atoms with E-state index in [-0.39, 0.29) is 35.7 Å². The largest absolute Gasteiger partial charge is 0.394 e. The fourth-order valence-electron chi connectivity index (χ4n) is 3.95. The van der Waals surface area contributed by atoms with Crippen molar-refractivity contribution in [3.63, 3.8) is 0 Å². The van der Waals surface area contributed by atoms with E-state index in [0.717, 1.165) is 10.9 Å². The van der Waals surface area contributed by atoms with Crippen LogP contribution in [-0.4, -0.2) is 53.0 Å². The Morgan fingerprint density at radius 3 is 2.58 bits per heavy atom. The predicted molar refractivity (Wildman–Crippen MR) is 118 cm³/mol. The van der Waals surface area contributed by atoms with Gasteiger partial charge in [-0.05, 0) is 36.8 Å². The van der Waals surface area contributed by atoms with Crippen LogP contribution in [0.4, 0.5) is 0 Å². The number of aromatic amines is 1. The molecule has 3 amide bonds. The second-order valence-corrected chi connectivity index (χ2v) is 9.46. The molecule has 0 radical (unpaired) electrons. The molecule has 2 heterocycles. The van der Waals surface area contributed by atoms with Crippen molar-refractivity contribution in [1.82, 2.24) is 20.9 Å². The van der Waals surface area contributed by atoms with E-state index >= 15 is 0 Å². The first-order chi connectivity index (χ1) is 14.7. The van der Waals surface area contributed by atoms with Gasteiger partial charge in [0.1, 0.15) is 11.7 Å². The first-order valence-electron chi connectivity index (χ1n) is 10.7. The molecule has 1 saturated heterocycles. The van der Waals surface area contributed by atoms with Gasteiger partial charge >= 0.3 is 0 Å². The van der Waals surface area contributed by atoms with Crippen LogP contribution in [0.2, 0.25) is 0 Å². The lowest BCUT2D eigenvalue weighted by Crippen LogP contribution is -2.52. The van der Waals surface area contributed by atoms with Crippen molar-refractivity contribution in [3.05, 3.63) is 36.0 Å². The lowest BCUT2D eigenvalue weighted by atomic mass is 9.87. The topological polar surface area (TPSA) is 123 Å². The first-order valence-corrected chi connectivity index (χ1v) is 10.7. The fraction of sp³-hybridized carbons (Fsp3) is 0.522. The Bertz CT molecular complexity index is 913. The SMILES string of the molecule is CC(C)(C)C[C@H](NC(=O)c1cc2ccccc2[nH]1)C(=O)N[C@H](CO)C[C@@H]1CCNC1=O. The van der Waals surface area contributed by atoms with Gasteiger partial charge in [0.2, 0.25) is 11.8 Å². The second-order valence-electron chi connectivity index (χ2n) is 9.46. The molecule has 1 aromatic heterocycles. The van der Waals surface area contributed by atoms with Crippen LogP contribution in [0, 0.1) is 11.3 Å².